The van der Waals surface area contributed by atoms with Crippen molar-refractivity contribution in [3.63, 3.8) is 0 Å². The minimum absolute atomic E-state index is 0.238. The van der Waals surface area contributed by atoms with Crippen LogP contribution >= 0.6 is 11.6 Å². The number of hydrogen-bond acceptors (Lipinski definition) is 3. The number of pyridine rings is 1. The van der Waals surface area contributed by atoms with Gasteiger partial charge in [-0.05, 0) is 36.4 Å². The summed E-state index contributed by atoms with van der Waals surface area (Å²) in [6.45, 7) is 0. The first-order chi connectivity index (χ1) is 10.6. The summed E-state index contributed by atoms with van der Waals surface area (Å²) in [5.74, 6) is 0.221. The van der Waals surface area contributed by atoms with E-state index in [-0.39, 0.29) is 5.91 Å². The Labute approximate surface area is 132 Å². The Bertz CT molecular complexity index is 797. The smallest absolute Gasteiger partial charge is 0.257 e. The largest absolute Gasteiger partial charge is 0.320 e. The van der Waals surface area contributed by atoms with Crippen molar-refractivity contribution in [2.75, 3.05) is 5.32 Å². The molecule has 2 heterocycles. The topological polar surface area (TPSA) is 59.8 Å². The molecule has 6 heteroatoms. The number of imidazole rings is 1. The van der Waals surface area contributed by atoms with Gasteiger partial charge in [0, 0.05) is 30.0 Å². The van der Waals surface area contributed by atoms with Crippen molar-refractivity contribution >= 4 is 23.5 Å². The van der Waals surface area contributed by atoms with Crippen LogP contribution in [0.5, 0.6) is 0 Å². The number of rotatable bonds is 3. The van der Waals surface area contributed by atoms with Gasteiger partial charge in [-0.2, -0.15) is 0 Å². The summed E-state index contributed by atoms with van der Waals surface area (Å²) in [5, 5.41) is 3.37. The minimum Gasteiger partial charge on any atom is -0.320 e. The molecule has 0 spiro atoms. The number of benzene rings is 1. The molecule has 0 saturated heterocycles. The Balaban J connectivity index is 1.82. The summed E-state index contributed by atoms with van der Waals surface area (Å²) in [6, 6.07) is 12.3. The molecule has 0 saturated carbocycles. The Morgan fingerprint density at radius 2 is 1.91 bits per heavy atom. The van der Waals surface area contributed by atoms with Gasteiger partial charge in [0.15, 0.2) is 0 Å². The van der Waals surface area contributed by atoms with Gasteiger partial charge < -0.3 is 4.57 Å². The van der Waals surface area contributed by atoms with E-state index in [2.05, 4.69) is 15.3 Å². The number of aryl methyl sites for hydroxylation is 1. The van der Waals surface area contributed by atoms with Gasteiger partial charge in [-0.25, -0.2) is 4.98 Å². The number of amides is 1. The number of anilines is 1. The third-order valence-electron chi connectivity index (χ3n) is 3.14. The van der Waals surface area contributed by atoms with Crippen molar-refractivity contribution < 1.29 is 4.79 Å². The number of carbonyl (C=O) groups excluding carboxylic acids is 1. The summed E-state index contributed by atoms with van der Waals surface area (Å²) >= 11 is 5.82. The van der Waals surface area contributed by atoms with E-state index in [0.717, 1.165) is 5.69 Å². The van der Waals surface area contributed by atoms with Gasteiger partial charge in [-0.3, -0.25) is 15.1 Å². The summed E-state index contributed by atoms with van der Waals surface area (Å²) in [7, 11) is 1.82. The fourth-order valence-corrected chi connectivity index (χ4v) is 2.12. The van der Waals surface area contributed by atoms with Gasteiger partial charge >= 0.3 is 0 Å². The molecule has 0 aliphatic rings. The highest BCUT2D eigenvalue weighted by Crippen LogP contribution is 2.18. The first-order valence-corrected chi connectivity index (χ1v) is 7.03. The Kier molecular flexibility index (Phi) is 3.89. The van der Waals surface area contributed by atoms with E-state index in [1.165, 1.54) is 0 Å². The van der Waals surface area contributed by atoms with Crippen LogP contribution in [0.3, 0.4) is 0 Å². The molecule has 3 rings (SSSR count). The first kappa shape index (κ1) is 14.3. The van der Waals surface area contributed by atoms with Gasteiger partial charge in [0.25, 0.3) is 5.91 Å². The zero-order chi connectivity index (χ0) is 15.5. The average molecular weight is 313 g/mol. The maximum Gasteiger partial charge on any atom is 0.257 e. The normalized spacial score (nSPS) is 10.5. The van der Waals surface area contributed by atoms with Crippen molar-refractivity contribution in [3.05, 3.63) is 65.4 Å². The lowest BCUT2D eigenvalue weighted by Gasteiger charge is -2.04. The van der Waals surface area contributed by atoms with E-state index >= 15 is 0 Å². The lowest BCUT2D eigenvalue weighted by atomic mass is 10.2. The Morgan fingerprint density at radius 1 is 1.14 bits per heavy atom. The van der Waals surface area contributed by atoms with Crippen LogP contribution in [-0.4, -0.2) is 20.4 Å². The molecular weight excluding hydrogens is 300 g/mol. The lowest BCUT2D eigenvalue weighted by Crippen LogP contribution is -2.14. The molecule has 2 aromatic heterocycles. The van der Waals surface area contributed by atoms with Crippen molar-refractivity contribution in [2.24, 2.45) is 7.05 Å². The SMILES string of the molecule is Cn1cc(-c2ccccn2)nc1NC(=O)c1ccc(Cl)cc1. The van der Waals surface area contributed by atoms with Gasteiger partial charge in [-0.15, -0.1) is 0 Å². The van der Waals surface area contributed by atoms with Gasteiger partial charge in [-0.1, -0.05) is 17.7 Å². The molecule has 0 aliphatic carbocycles. The molecule has 0 fully saturated rings. The van der Waals surface area contributed by atoms with E-state index in [0.29, 0.717) is 22.2 Å². The summed E-state index contributed by atoms with van der Waals surface area (Å²) in [5.41, 5.74) is 1.98. The molecule has 3 aromatic rings. The molecule has 0 bridgehead atoms. The van der Waals surface area contributed by atoms with Crippen molar-refractivity contribution in [1.29, 1.82) is 0 Å². The van der Waals surface area contributed by atoms with E-state index < -0.39 is 0 Å². The highest BCUT2D eigenvalue weighted by molar-refractivity contribution is 6.30. The highest BCUT2D eigenvalue weighted by Gasteiger charge is 2.12. The number of hydrogen-bond donors (Lipinski definition) is 1. The average Bonchev–Trinajstić information content (AvgIpc) is 2.90. The molecule has 0 unspecified atom stereocenters. The number of halogens is 1. The van der Waals surface area contributed by atoms with Crippen molar-refractivity contribution in [3.8, 4) is 11.4 Å². The summed E-state index contributed by atoms with van der Waals surface area (Å²) in [6.07, 6.45) is 3.52. The molecule has 0 atom stereocenters. The van der Waals surface area contributed by atoms with Crippen LogP contribution in [0.15, 0.2) is 54.9 Å². The van der Waals surface area contributed by atoms with Crippen LogP contribution < -0.4 is 5.32 Å². The number of carbonyl (C=O) groups is 1. The fraction of sp³-hybridized carbons (Fsp3) is 0.0625. The van der Waals surface area contributed by atoms with Crippen LogP contribution in [0.2, 0.25) is 5.02 Å². The predicted octanol–water partition coefficient (Wildman–Crippen LogP) is 3.39. The van der Waals surface area contributed by atoms with E-state index in [1.54, 1.807) is 35.0 Å². The molecule has 1 amide bonds. The molecule has 1 N–H and O–H groups in total. The van der Waals surface area contributed by atoms with Crippen LogP contribution in [0, 0.1) is 0 Å². The second-order valence-electron chi connectivity index (χ2n) is 4.74. The monoisotopic (exact) mass is 312 g/mol. The van der Waals surface area contributed by atoms with Crippen LogP contribution in [0.4, 0.5) is 5.95 Å². The molecule has 110 valence electrons. The van der Waals surface area contributed by atoms with Crippen molar-refractivity contribution in [2.45, 2.75) is 0 Å². The van der Waals surface area contributed by atoms with Crippen LogP contribution in [0.25, 0.3) is 11.4 Å². The summed E-state index contributed by atoms with van der Waals surface area (Å²) in [4.78, 5) is 20.9. The second-order valence-corrected chi connectivity index (χ2v) is 5.17. The zero-order valence-corrected chi connectivity index (χ0v) is 12.6. The predicted molar refractivity (Wildman–Crippen MR) is 85.8 cm³/mol. The van der Waals surface area contributed by atoms with E-state index in [1.807, 2.05) is 31.4 Å². The standard InChI is InChI=1S/C16H13ClN4O/c1-21-10-14(13-4-2-3-9-18-13)19-16(21)20-15(22)11-5-7-12(17)8-6-11/h2-10H,1H3,(H,19,20,22). The quantitative estimate of drug-likeness (QED) is 0.806. The molecule has 1 aromatic carbocycles. The lowest BCUT2D eigenvalue weighted by molar-refractivity contribution is 0.102. The highest BCUT2D eigenvalue weighted by atomic mass is 35.5. The number of aromatic nitrogens is 3. The van der Waals surface area contributed by atoms with Gasteiger partial charge in [0.05, 0.1) is 5.69 Å². The molecule has 0 aliphatic heterocycles. The summed E-state index contributed by atoms with van der Waals surface area (Å²) < 4.78 is 1.75. The molecule has 0 radical (unpaired) electrons. The third-order valence-corrected chi connectivity index (χ3v) is 3.39. The Hall–Kier alpha value is -2.66. The second kappa shape index (κ2) is 5.99. The number of nitrogens with one attached hydrogen (secondary N) is 1. The Morgan fingerprint density at radius 3 is 2.59 bits per heavy atom. The van der Waals surface area contributed by atoms with Gasteiger partial charge in [0.1, 0.15) is 5.69 Å². The van der Waals surface area contributed by atoms with Gasteiger partial charge in [0.2, 0.25) is 5.95 Å². The van der Waals surface area contributed by atoms with Crippen molar-refractivity contribution in [1.82, 2.24) is 14.5 Å². The zero-order valence-electron chi connectivity index (χ0n) is 11.8. The first-order valence-electron chi connectivity index (χ1n) is 6.65. The fourth-order valence-electron chi connectivity index (χ4n) is 2.00. The molecule has 22 heavy (non-hydrogen) atoms. The van der Waals surface area contributed by atoms with Crippen LogP contribution in [0.1, 0.15) is 10.4 Å². The van der Waals surface area contributed by atoms with Crippen LogP contribution in [-0.2, 0) is 7.05 Å². The maximum absolute atomic E-state index is 12.2. The molecular formula is C16H13ClN4O. The van der Waals surface area contributed by atoms with E-state index in [9.17, 15) is 4.79 Å². The third kappa shape index (κ3) is 2.99. The van der Waals surface area contributed by atoms with E-state index in [4.69, 9.17) is 11.6 Å². The maximum atomic E-state index is 12.2. The molecule has 5 nitrogen and oxygen atoms in total. The minimum atomic E-state index is -0.238. The number of nitrogens with zero attached hydrogens (tertiary/aromatic N) is 3.